The zero-order chi connectivity index (χ0) is 16.4. The van der Waals surface area contributed by atoms with Gasteiger partial charge in [-0.1, -0.05) is 0 Å². The standard InChI is InChI=1S/C16H25N5O2/c1-20(2)15-9-17-13(8-18-15)16(23)19-12-4-3-5-14(12)21-7-6-11(22)10-21/h8-9,11-12,14,22H,3-7,10H2,1-2H3,(H,19,23)/t11?,12-,14+/m1/s1. The molecule has 126 valence electrons. The average Bonchev–Trinajstić information content (AvgIpc) is 3.16. The zero-order valence-corrected chi connectivity index (χ0v) is 13.8. The summed E-state index contributed by atoms with van der Waals surface area (Å²) >= 11 is 0. The Labute approximate surface area is 136 Å². The molecule has 1 saturated carbocycles. The third-order valence-electron chi connectivity index (χ3n) is 4.79. The predicted molar refractivity (Wildman–Crippen MR) is 87.4 cm³/mol. The molecule has 7 heteroatoms. The summed E-state index contributed by atoms with van der Waals surface area (Å²) in [6.45, 7) is 1.63. The van der Waals surface area contributed by atoms with Crippen LogP contribution in [0.3, 0.4) is 0 Å². The first-order valence-corrected chi connectivity index (χ1v) is 8.27. The highest BCUT2D eigenvalue weighted by Gasteiger charge is 2.36. The van der Waals surface area contributed by atoms with Crippen LogP contribution in [0.25, 0.3) is 0 Å². The van der Waals surface area contributed by atoms with Crippen LogP contribution < -0.4 is 10.2 Å². The highest BCUT2D eigenvalue weighted by atomic mass is 16.3. The van der Waals surface area contributed by atoms with Gasteiger partial charge in [0.25, 0.3) is 5.91 Å². The Morgan fingerprint density at radius 2 is 2.13 bits per heavy atom. The van der Waals surface area contributed by atoms with Crippen LogP contribution in [0.1, 0.15) is 36.2 Å². The summed E-state index contributed by atoms with van der Waals surface area (Å²) in [5, 5.41) is 12.8. The molecule has 2 fully saturated rings. The zero-order valence-electron chi connectivity index (χ0n) is 13.8. The number of β-amino-alcohol motifs (C(OH)–C–C–N with tert-alkyl or cyclic N) is 1. The molecule has 2 heterocycles. The maximum atomic E-state index is 12.4. The van der Waals surface area contributed by atoms with Crippen molar-refractivity contribution < 1.29 is 9.90 Å². The fraction of sp³-hybridized carbons (Fsp3) is 0.688. The number of hydrogen-bond donors (Lipinski definition) is 2. The van der Waals surface area contributed by atoms with Gasteiger partial charge >= 0.3 is 0 Å². The fourth-order valence-corrected chi connectivity index (χ4v) is 3.53. The molecule has 3 rings (SSSR count). The second-order valence-corrected chi connectivity index (χ2v) is 6.67. The van der Waals surface area contributed by atoms with Gasteiger partial charge in [-0.05, 0) is 25.7 Å². The number of likely N-dealkylation sites (tertiary alicyclic amines) is 1. The van der Waals surface area contributed by atoms with Gasteiger partial charge in [0.2, 0.25) is 0 Å². The smallest absolute Gasteiger partial charge is 0.271 e. The maximum Gasteiger partial charge on any atom is 0.271 e. The number of aliphatic hydroxyl groups is 1. The van der Waals surface area contributed by atoms with E-state index in [0.29, 0.717) is 18.3 Å². The summed E-state index contributed by atoms with van der Waals surface area (Å²) in [4.78, 5) is 25.0. The largest absolute Gasteiger partial charge is 0.392 e. The van der Waals surface area contributed by atoms with E-state index in [4.69, 9.17) is 0 Å². The number of nitrogens with one attached hydrogen (secondary N) is 1. The average molecular weight is 319 g/mol. The van der Waals surface area contributed by atoms with Crippen LogP contribution in [0.15, 0.2) is 12.4 Å². The third-order valence-corrected chi connectivity index (χ3v) is 4.79. The molecule has 1 aliphatic heterocycles. The quantitative estimate of drug-likeness (QED) is 0.828. The number of carbonyl (C=O) groups is 1. The van der Waals surface area contributed by atoms with E-state index in [1.165, 1.54) is 6.20 Å². The van der Waals surface area contributed by atoms with Crippen LogP contribution in [0.5, 0.6) is 0 Å². The second kappa shape index (κ2) is 6.80. The Bertz CT molecular complexity index is 548. The second-order valence-electron chi connectivity index (χ2n) is 6.67. The van der Waals surface area contributed by atoms with Gasteiger partial charge in [-0.2, -0.15) is 0 Å². The number of hydrogen-bond acceptors (Lipinski definition) is 6. The lowest BCUT2D eigenvalue weighted by atomic mass is 10.1. The van der Waals surface area contributed by atoms with Crippen molar-refractivity contribution in [3.8, 4) is 0 Å². The molecule has 1 aromatic rings. The number of aliphatic hydroxyl groups excluding tert-OH is 1. The van der Waals surface area contributed by atoms with Crippen LogP contribution in [0, 0.1) is 0 Å². The lowest BCUT2D eigenvalue weighted by Gasteiger charge is -2.29. The van der Waals surface area contributed by atoms with Gasteiger partial charge in [-0.25, -0.2) is 9.97 Å². The minimum Gasteiger partial charge on any atom is -0.392 e. The van der Waals surface area contributed by atoms with Gasteiger partial charge in [-0.3, -0.25) is 9.69 Å². The van der Waals surface area contributed by atoms with E-state index in [1.54, 1.807) is 6.20 Å². The maximum absolute atomic E-state index is 12.4. The van der Waals surface area contributed by atoms with Crippen molar-refractivity contribution in [3.05, 3.63) is 18.1 Å². The molecule has 1 saturated heterocycles. The minimum absolute atomic E-state index is 0.128. The first kappa shape index (κ1) is 16.1. The summed E-state index contributed by atoms with van der Waals surface area (Å²) in [5.74, 6) is 0.561. The van der Waals surface area contributed by atoms with E-state index in [-0.39, 0.29) is 18.1 Å². The first-order chi connectivity index (χ1) is 11.0. The van der Waals surface area contributed by atoms with Crippen LogP contribution in [0.4, 0.5) is 5.82 Å². The minimum atomic E-state index is -0.226. The molecule has 0 radical (unpaired) electrons. The topological polar surface area (TPSA) is 81.6 Å². The summed E-state index contributed by atoms with van der Waals surface area (Å²) < 4.78 is 0. The molecule has 1 aromatic heterocycles. The fourth-order valence-electron chi connectivity index (χ4n) is 3.53. The van der Waals surface area contributed by atoms with Crippen molar-refractivity contribution in [3.63, 3.8) is 0 Å². The van der Waals surface area contributed by atoms with Crippen LogP contribution >= 0.6 is 0 Å². The van der Waals surface area contributed by atoms with Crippen molar-refractivity contribution in [1.82, 2.24) is 20.2 Å². The molecule has 23 heavy (non-hydrogen) atoms. The highest BCUT2D eigenvalue weighted by Crippen LogP contribution is 2.27. The van der Waals surface area contributed by atoms with E-state index in [2.05, 4.69) is 20.2 Å². The Balaban J connectivity index is 1.62. The van der Waals surface area contributed by atoms with Crippen molar-refractivity contribution in [2.45, 2.75) is 43.9 Å². The monoisotopic (exact) mass is 319 g/mol. The van der Waals surface area contributed by atoms with E-state index in [9.17, 15) is 9.90 Å². The molecule has 0 bridgehead atoms. The molecule has 1 aliphatic carbocycles. The lowest BCUT2D eigenvalue weighted by Crippen LogP contribution is -2.48. The number of amides is 1. The highest BCUT2D eigenvalue weighted by molar-refractivity contribution is 5.92. The third kappa shape index (κ3) is 3.61. The molecular formula is C16H25N5O2. The Kier molecular flexibility index (Phi) is 4.77. The predicted octanol–water partition coefficient (Wildman–Crippen LogP) is 0.260. The normalized spacial score (nSPS) is 28.0. The number of aromatic nitrogens is 2. The Morgan fingerprint density at radius 1 is 1.30 bits per heavy atom. The lowest BCUT2D eigenvalue weighted by molar-refractivity contribution is 0.0900. The number of carbonyl (C=O) groups excluding carboxylic acids is 1. The molecule has 1 unspecified atom stereocenters. The summed E-state index contributed by atoms with van der Waals surface area (Å²) in [6, 6.07) is 0.452. The van der Waals surface area contributed by atoms with Crippen molar-refractivity contribution in [1.29, 1.82) is 0 Å². The van der Waals surface area contributed by atoms with Crippen LogP contribution in [-0.4, -0.2) is 71.3 Å². The van der Waals surface area contributed by atoms with Gasteiger partial charge in [0.15, 0.2) is 0 Å². The van der Waals surface area contributed by atoms with E-state index < -0.39 is 0 Å². The summed E-state index contributed by atoms with van der Waals surface area (Å²) in [6.07, 6.45) is 6.89. The molecule has 2 N–H and O–H groups in total. The Morgan fingerprint density at radius 3 is 2.74 bits per heavy atom. The number of anilines is 1. The van der Waals surface area contributed by atoms with Crippen molar-refractivity contribution >= 4 is 11.7 Å². The summed E-state index contributed by atoms with van der Waals surface area (Å²) in [7, 11) is 3.77. The van der Waals surface area contributed by atoms with Gasteiger partial charge < -0.3 is 15.3 Å². The molecule has 0 aromatic carbocycles. The van der Waals surface area contributed by atoms with E-state index in [0.717, 1.165) is 38.0 Å². The van der Waals surface area contributed by atoms with Crippen LogP contribution in [-0.2, 0) is 0 Å². The SMILES string of the molecule is CN(C)c1cnc(C(=O)N[C@@H]2CCC[C@@H]2N2CCC(O)C2)cn1. The molecule has 3 atom stereocenters. The van der Waals surface area contributed by atoms with Crippen molar-refractivity contribution in [2.75, 3.05) is 32.1 Å². The molecule has 7 nitrogen and oxygen atoms in total. The van der Waals surface area contributed by atoms with Gasteiger partial charge in [-0.15, -0.1) is 0 Å². The number of rotatable bonds is 4. The molecule has 1 amide bonds. The van der Waals surface area contributed by atoms with E-state index >= 15 is 0 Å². The Hall–Kier alpha value is -1.73. The van der Waals surface area contributed by atoms with Gasteiger partial charge in [0, 0.05) is 39.3 Å². The van der Waals surface area contributed by atoms with Gasteiger partial charge in [0.05, 0.1) is 18.5 Å². The summed E-state index contributed by atoms with van der Waals surface area (Å²) in [5.41, 5.74) is 0.350. The van der Waals surface area contributed by atoms with Crippen molar-refractivity contribution in [2.24, 2.45) is 0 Å². The molecule has 0 spiro atoms. The first-order valence-electron chi connectivity index (χ1n) is 8.27. The van der Waals surface area contributed by atoms with Crippen LogP contribution in [0.2, 0.25) is 0 Å². The van der Waals surface area contributed by atoms with E-state index in [1.807, 2.05) is 19.0 Å². The molecular weight excluding hydrogens is 294 g/mol. The van der Waals surface area contributed by atoms with Gasteiger partial charge in [0.1, 0.15) is 11.5 Å². The number of nitrogens with zero attached hydrogens (tertiary/aromatic N) is 4. The molecule has 2 aliphatic rings.